The number of hydrogen-bond donors (Lipinski definition) is 3. The van der Waals surface area contributed by atoms with Gasteiger partial charge in [0.15, 0.2) is 0 Å². The van der Waals surface area contributed by atoms with Gasteiger partial charge in [0.05, 0.1) is 18.4 Å². The number of benzene rings is 1. The highest BCUT2D eigenvalue weighted by atomic mass is 16.5. The van der Waals surface area contributed by atoms with Gasteiger partial charge in [-0.2, -0.15) is 0 Å². The molecule has 0 spiro atoms. The van der Waals surface area contributed by atoms with E-state index in [-0.39, 0.29) is 24.0 Å². The van der Waals surface area contributed by atoms with E-state index in [2.05, 4.69) is 39.2 Å². The van der Waals surface area contributed by atoms with Crippen LogP contribution in [0.4, 0.5) is 10.7 Å². The molecule has 2 rings (SSSR count). The Balaban J connectivity index is 1.98. The van der Waals surface area contributed by atoms with Crippen LogP contribution in [0.2, 0.25) is 0 Å². The molecule has 1 atom stereocenters. The maximum absolute atomic E-state index is 12.2. The van der Waals surface area contributed by atoms with Crippen LogP contribution in [0.5, 0.6) is 0 Å². The minimum Gasteiger partial charge on any atom is -0.465 e. The largest absolute Gasteiger partial charge is 0.465 e. The first-order valence-electron chi connectivity index (χ1n) is 9.80. The number of methoxy groups -OCH3 is 1. The smallest absolute Gasteiger partial charge is 0.337 e. The van der Waals surface area contributed by atoms with Crippen molar-refractivity contribution >= 4 is 17.9 Å². The van der Waals surface area contributed by atoms with E-state index in [0.29, 0.717) is 11.3 Å². The number of urea groups is 1. The Morgan fingerprint density at radius 3 is 2.55 bits per heavy atom. The molecule has 1 unspecified atom stereocenters. The van der Waals surface area contributed by atoms with E-state index >= 15 is 0 Å². The van der Waals surface area contributed by atoms with Gasteiger partial charge in [-0.3, -0.25) is 15.1 Å². The Labute approximate surface area is 170 Å². The quantitative estimate of drug-likeness (QED) is 0.557. The molecule has 1 heterocycles. The summed E-state index contributed by atoms with van der Waals surface area (Å²) >= 11 is 0. The van der Waals surface area contributed by atoms with E-state index in [9.17, 15) is 14.4 Å². The van der Waals surface area contributed by atoms with Crippen molar-refractivity contribution in [3.63, 3.8) is 0 Å². The molecular formula is C21H28N4O4. The van der Waals surface area contributed by atoms with Gasteiger partial charge in [-0.05, 0) is 30.5 Å². The van der Waals surface area contributed by atoms with Crippen LogP contribution in [0.25, 0.3) is 0 Å². The summed E-state index contributed by atoms with van der Waals surface area (Å²) in [7, 11) is 1.32. The second-order valence-corrected chi connectivity index (χ2v) is 6.76. The number of carbonyl (C=O) groups excluding carboxylic acids is 2. The van der Waals surface area contributed by atoms with Crippen molar-refractivity contribution in [1.29, 1.82) is 0 Å². The Hall–Kier alpha value is -3.16. The van der Waals surface area contributed by atoms with Gasteiger partial charge >= 0.3 is 12.0 Å². The first-order valence-corrected chi connectivity index (χ1v) is 9.80. The van der Waals surface area contributed by atoms with Crippen LogP contribution in [0, 0.1) is 0 Å². The molecule has 0 radical (unpaired) electrons. The zero-order valence-electron chi connectivity index (χ0n) is 17.1. The molecule has 29 heavy (non-hydrogen) atoms. The number of rotatable bonds is 9. The Kier molecular flexibility index (Phi) is 8.39. The Morgan fingerprint density at radius 2 is 1.93 bits per heavy atom. The van der Waals surface area contributed by atoms with Crippen molar-refractivity contribution in [2.45, 2.75) is 52.0 Å². The second-order valence-electron chi connectivity index (χ2n) is 6.76. The van der Waals surface area contributed by atoms with Gasteiger partial charge in [0.2, 0.25) is 5.95 Å². The van der Waals surface area contributed by atoms with Crippen molar-refractivity contribution in [2.75, 3.05) is 12.4 Å². The summed E-state index contributed by atoms with van der Waals surface area (Å²) in [5.41, 5.74) is 1.65. The maximum atomic E-state index is 12.2. The molecule has 2 aromatic rings. The fourth-order valence-electron chi connectivity index (χ4n) is 2.97. The van der Waals surface area contributed by atoms with Crippen LogP contribution >= 0.6 is 0 Å². The van der Waals surface area contributed by atoms with Crippen molar-refractivity contribution < 1.29 is 14.3 Å². The molecule has 8 nitrogen and oxygen atoms in total. The molecule has 0 bridgehead atoms. The van der Waals surface area contributed by atoms with Gasteiger partial charge in [0.25, 0.3) is 5.56 Å². The Bertz CT molecular complexity index is 877. The molecule has 8 heteroatoms. The van der Waals surface area contributed by atoms with Crippen LogP contribution in [-0.4, -0.2) is 29.1 Å². The van der Waals surface area contributed by atoms with E-state index in [1.807, 2.05) is 0 Å². The fraction of sp³-hybridized carbons (Fsp3) is 0.429. The molecule has 2 amide bonds. The summed E-state index contributed by atoms with van der Waals surface area (Å²) in [5.74, 6) is -0.100. The summed E-state index contributed by atoms with van der Waals surface area (Å²) in [6.07, 6.45) is 3.97. The van der Waals surface area contributed by atoms with Gasteiger partial charge in [-0.25, -0.2) is 14.6 Å². The van der Waals surface area contributed by atoms with Gasteiger partial charge in [0, 0.05) is 18.5 Å². The van der Waals surface area contributed by atoms with Crippen LogP contribution < -0.4 is 16.2 Å². The lowest BCUT2D eigenvalue weighted by atomic mass is 9.96. The molecular weight excluding hydrogens is 372 g/mol. The molecule has 1 aromatic heterocycles. The number of H-pyrrole nitrogens is 1. The molecule has 0 fully saturated rings. The lowest BCUT2D eigenvalue weighted by Crippen LogP contribution is -2.30. The van der Waals surface area contributed by atoms with Crippen molar-refractivity contribution in [1.82, 2.24) is 15.3 Å². The molecule has 156 valence electrons. The number of anilines is 1. The summed E-state index contributed by atoms with van der Waals surface area (Å²) in [6.45, 7) is 4.44. The SMILES string of the molecule is CCCCC(CC)c1cc(=O)[nH]c(NC(=O)NCc2ccc(C(=O)OC)cc2)n1. The van der Waals surface area contributed by atoms with E-state index < -0.39 is 12.0 Å². The minimum atomic E-state index is -0.482. The fourth-order valence-corrected chi connectivity index (χ4v) is 2.97. The van der Waals surface area contributed by atoms with Crippen LogP contribution in [0.15, 0.2) is 35.1 Å². The average molecular weight is 400 g/mol. The number of aromatic amines is 1. The predicted molar refractivity (Wildman–Crippen MR) is 111 cm³/mol. The van der Waals surface area contributed by atoms with E-state index in [4.69, 9.17) is 0 Å². The van der Waals surface area contributed by atoms with Crippen molar-refractivity contribution in [2.24, 2.45) is 0 Å². The van der Waals surface area contributed by atoms with E-state index in [1.54, 1.807) is 24.3 Å². The average Bonchev–Trinajstić information content (AvgIpc) is 2.72. The topological polar surface area (TPSA) is 113 Å². The number of nitrogens with zero attached hydrogens (tertiary/aromatic N) is 1. The van der Waals surface area contributed by atoms with Crippen LogP contribution in [0.3, 0.4) is 0 Å². The summed E-state index contributed by atoms with van der Waals surface area (Å²) < 4.78 is 4.65. The summed E-state index contributed by atoms with van der Waals surface area (Å²) in [6, 6.07) is 7.73. The third-order valence-corrected chi connectivity index (χ3v) is 4.64. The summed E-state index contributed by atoms with van der Waals surface area (Å²) in [5, 5.41) is 5.27. The predicted octanol–water partition coefficient (Wildman–Crippen LogP) is 3.56. The second kappa shape index (κ2) is 11.0. The number of carbonyl (C=O) groups is 2. The van der Waals surface area contributed by atoms with Crippen molar-refractivity contribution in [3.8, 4) is 0 Å². The number of aromatic nitrogens is 2. The van der Waals surface area contributed by atoms with Gasteiger partial charge in [-0.1, -0.05) is 38.8 Å². The standard InChI is InChI=1S/C21H28N4O4/c1-4-6-7-15(5-2)17-12-18(26)24-20(23-17)25-21(28)22-13-14-8-10-16(11-9-14)19(27)29-3/h8-12,15H,4-7,13H2,1-3H3,(H3,22,23,24,25,26,28). The van der Waals surface area contributed by atoms with Gasteiger partial charge in [0.1, 0.15) is 0 Å². The highest BCUT2D eigenvalue weighted by Crippen LogP contribution is 2.23. The molecule has 3 N–H and O–H groups in total. The number of esters is 1. The lowest BCUT2D eigenvalue weighted by Gasteiger charge is -2.15. The first kappa shape index (κ1) is 22.1. The molecule has 0 aliphatic rings. The number of ether oxygens (including phenoxy) is 1. The number of nitrogens with one attached hydrogen (secondary N) is 3. The minimum absolute atomic E-state index is 0.126. The molecule has 0 saturated heterocycles. The molecule has 0 aliphatic carbocycles. The van der Waals surface area contributed by atoms with E-state index in [1.165, 1.54) is 13.2 Å². The third-order valence-electron chi connectivity index (χ3n) is 4.64. The van der Waals surface area contributed by atoms with Gasteiger partial charge in [-0.15, -0.1) is 0 Å². The van der Waals surface area contributed by atoms with E-state index in [0.717, 1.165) is 31.2 Å². The zero-order chi connectivity index (χ0) is 21.2. The van der Waals surface area contributed by atoms with Crippen molar-refractivity contribution in [3.05, 3.63) is 57.5 Å². The zero-order valence-corrected chi connectivity index (χ0v) is 17.1. The maximum Gasteiger partial charge on any atom is 0.337 e. The van der Waals surface area contributed by atoms with Crippen LogP contribution in [-0.2, 0) is 11.3 Å². The first-order chi connectivity index (χ1) is 14.0. The summed E-state index contributed by atoms with van der Waals surface area (Å²) in [4.78, 5) is 42.6. The molecule has 0 aliphatic heterocycles. The molecule has 0 saturated carbocycles. The Morgan fingerprint density at radius 1 is 1.21 bits per heavy atom. The molecule has 1 aromatic carbocycles. The normalized spacial score (nSPS) is 11.6. The number of unbranched alkanes of at least 4 members (excludes halogenated alkanes) is 1. The number of amides is 2. The monoisotopic (exact) mass is 400 g/mol. The van der Waals surface area contributed by atoms with Crippen LogP contribution in [0.1, 0.15) is 67.1 Å². The third kappa shape index (κ3) is 6.74. The lowest BCUT2D eigenvalue weighted by molar-refractivity contribution is 0.0600. The number of hydrogen-bond acceptors (Lipinski definition) is 5. The van der Waals surface area contributed by atoms with Gasteiger partial charge < -0.3 is 10.1 Å². The highest BCUT2D eigenvalue weighted by molar-refractivity contribution is 5.89. The highest BCUT2D eigenvalue weighted by Gasteiger charge is 2.14.